The van der Waals surface area contributed by atoms with Crippen molar-refractivity contribution >= 4 is 28.1 Å². The highest BCUT2D eigenvalue weighted by Crippen LogP contribution is 2.26. The summed E-state index contributed by atoms with van der Waals surface area (Å²) in [5, 5.41) is 4.56. The van der Waals surface area contributed by atoms with Crippen LogP contribution in [0.1, 0.15) is 18.3 Å². The number of anilines is 1. The second kappa shape index (κ2) is 6.11. The summed E-state index contributed by atoms with van der Waals surface area (Å²) < 4.78 is 41.3. The van der Waals surface area contributed by atoms with Gasteiger partial charge in [0.15, 0.2) is 0 Å². The number of aromatic nitrogens is 2. The molecule has 2 aromatic rings. The van der Waals surface area contributed by atoms with E-state index in [1.165, 1.54) is 4.68 Å². The van der Waals surface area contributed by atoms with Gasteiger partial charge in [-0.1, -0.05) is 18.5 Å². The molecule has 1 unspecified atom stereocenters. The van der Waals surface area contributed by atoms with Gasteiger partial charge in [0.1, 0.15) is 16.5 Å². The molecule has 0 aliphatic rings. The lowest BCUT2D eigenvalue weighted by atomic mass is 10.3. The minimum Gasteiger partial charge on any atom is -0.399 e. The van der Waals surface area contributed by atoms with Crippen LogP contribution in [0.3, 0.4) is 0 Å². The monoisotopic (exact) mass is 333 g/mol. The number of nitrogens with two attached hydrogens (primary N) is 1. The number of hydrogen-bond acceptors (Lipinski definition) is 3. The Labute approximate surface area is 128 Å². The van der Waals surface area contributed by atoms with E-state index in [2.05, 4.69) is 5.10 Å². The van der Waals surface area contributed by atoms with Crippen LogP contribution in [0.5, 0.6) is 0 Å². The van der Waals surface area contributed by atoms with E-state index in [9.17, 15) is 13.0 Å². The number of halogens is 3. The minimum absolute atomic E-state index is 0.0578. The first-order chi connectivity index (χ1) is 9.85. The van der Waals surface area contributed by atoms with Gasteiger partial charge < -0.3 is 5.73 Å². The molecular weight excluding hydrogens is 320 g/mol. The van der Waals surface area contributed by atoms with Gasteiger partial charge in [0.2, 0.25) is 0 Å². The maximum Gasteiger partial charge on any atom is 0.144 e. The van der Waals surface area contributed by atoms with Crippen molar-refractivity contribution in [1.29, 1.82) is 0 Å². The molecular formula is C13H14ClF2N3OS. The van der Waals surface area contributed by atoms with Gasteiger partial charge in [0.05, 0.1) is 33.0 Å². The van der Waals surface area contributed by atoms with Gasteiger partial charge in [-0.2, -0.15) is 5.10 Å². The third-order valence-corrected chi connectivity index (χ3v) is 4.84. The molecule has 0 bridgehead atoms. The van der Waals surface area contributed by atoms with E-state index in [4.69, 9.17) is 17.3 Å². The summed E-state index contributed by atoms with van der Waals surface area (Å²) in [7, 11) is -0.280. The van der Waals surface area contributed by atoms with Crippen LogP contribution < -0.4 is 5.73 Å². The molecule has 0 spiro atoms. The quantitative estimate of drug-likeness (QED) is 0.875. The Morgan fingerprint density at radius 1 is 1.38 bits per heavy atom. The topological polar surface area (TPSA) is 60.9 Å². The minimum atomic E-state index is -1.93. The SMILES string of the molecule is CCc1nn(C)c(CS(=O)c2c(F)cc(N)cc2F)c1Cl. The summed E-state index contributed by atoms with van der Waals surface area (Å²) in [6.45, 7) is 1.88. The third kappa shape index (κ3) is 3.08. The second-order valence-corrected chi connectivity index (χ2v) is 6.25. The number of rotatable bonds is 4. The lowest BCUT2D eigenvalue weighted by molar-refractivity contribution is 0.535. The van der Waals surface area contributed by atoms with Crippen LogP contribution in [0.15, 0.2) is 17.0 Å². The number of aryl methyl sites for hydroxylation is 2. The van der Waals surface area contributed by atoms with E-state index >= 15 is 0 Å². The molecule has 1 aromatic carbocycles. The zero-order valence-corrected chi connectivity index (χ0v) is 13.1. The zero-order chi connectivity index (χ0) is 15.7. The van der Waals surface area contributed by atoms with Crippen LogP contribution in [0.25, 0.3) is 0 Å². The summed E-state index contributed by atoms with van der Waals surface area (Å²) in [5.41, 5.74) is 6.41. The van der Waals surface area contributed by atoms with E-state index < -0.39 is 27.3 Å². The molecule has 1 aromatic heterocycles. The summed E-state index contributed by atoms with van der Waals surface area (Å²) in [4.78, 5) is -0.500. The van der Waals surface area contributed by atoms with Crippen molar-refractivity contribution < 1.29 is 13.0 Å². The smallest absolute Gasteiger partial charge is 0.144 e. The highest BCUT2D eigenvalue weighted by atomic mass is 35.5. The molecule has 0 aliphatic heterocycles. The van der Waals surface area contributed by atoms with Crippen molar-refractivity contribution in [3.8, 4) is 0 Å². The predicted molar refractivity (Wildman–Crippen MR) is 78.5 cm³/mol. The Morgan fingerprint density at radius 3 is 2.43 bits per heavy atom. The first-order valence-corrected chi connectivity index (χ1v) is 7.88. The van der Waals surface area contributed by atoms with Crippen LogP contribution in [0.2, 0.25) is 5.02 Å². The maximum absolute atomic E-state index is 13.8. The van der Waals surface area contributed by atoms with E-state index in [-0.39, 0.29) is 11.4 Å². The van der Waals surface area contributed by atoms with Gasteiger partial charge in [-0.25, -0.2) is 8.78 Å². The molecule has 0 saturated carbocycles. The van der Waals surface area contributed by atoms with Crippen molar-refractivity contribution in [2.45, 2.75) is 24.0 Å². The van der Waals surface area contributed by atoms with Gasteiger partial charge in [-0.15, -0.1) is 0 Å². The lowest BCUT2D eigenvalue weighted by Crippen LogP contribution is -2.07. The van der Waals surface area contributed by atoms with Gasteiger partial charge in [0.25, 0.3) is 0 Å². The van der Waals surface area contributed by atoms with E-state index in [0.717, 1.165) is 12.1 Å². The maximum atomic E-state index is 13.8. The third-order valence-electron chi connectivity index (χ3n) is 3.02. The molecule has 0 radical (unpaired) electrons. The largest absolute Gasteiger partial charge is 0.399 e. The predicted octanol–water partition coefficient (Wildman–Crippen LogP) is 2.80. The van der Waals surface area contributed by atoms with Crippen molar-refractivity contribution in [2.75, 3.05) is 5.73 Å². The van der Waals surface area contributed by atoms with Crippen LogP contribution in [0.4, 0.5) is 14.5 Å². The molecule has 8 heteroatoms. The number of nitrogen functional groups attached to an aromatic ring is 1. The molecule has 0 saturated heterocycles. The Kier molecular flexibility index (Phi) is 4.63. The summed E-state index contributed by atoms with van der Waals surface area (Å²) in [5.74, 6) is -1.99. The van der Waals surface area contributed by atoms with Gasteiger partial charge >= 0.3 is 0 Å². The first-order valence-electron chi connectivity index (χ1n) is 6.18. The summed E-state index contributed by atoms with van der Waals surface area (Å²) in [6.07, 6.45) is 0.615. The highest BCUT2D eigenvalue weighted by Gasteiger charge is 2.21. The number of nitrogens with zero attached hydrogens (tertiary/aromatic N) is 2. The fraction of sp³-hybridized carbons (Fsp3) is 0.308. The molecule has 1 heterocycles. The Balaban J connectivity index is 2.37. The van der Waals surface area contributed by atoms with Crippen molar-refractivity contribution in [3.63, 3.8) is 0 Å². The summed E-state index contributed by atoms with van der Waals surface area (Å²) in [6, 6.07) is 1.89. The molecule has 1 atom stereocenters. The molecule has 0 amide bonds. The average Bonchev–Trinajstić information content (AvgIpc) is 2.65. The zero-order valence-electron chi connectivity index (χ0n) is 11.5. The standard InChI is InChI=1S/C13H14ClF2N3OS/c1-3-10-12(14)11(19(2)18-10)6-21(20)13-8(15)4-7(17)5-9(13)16/h4-5H,3,6,17H2,1-2H3. The van der Waals surface area contributed by atoms with Gasteiger partial charge in [-0.3, -0.25) is 8.89 Å². The molecule has 2 rings (SSSR count). The summed E-state index contributed by atoms with van der Waals surface area (Å²) >= 11 is 6.14. The lowest BCUT2D eigenvalue weighted by Gasteiger charge is -2.07. The number of benzene rings is 1. The van der Waals surface area contributed by atoms with E-state index in [1.54, 1.807) is 7.05 Å². The van der Waals surface area contributed by atoms with Crippen LogP contribution in [0, 0.1) is 11.6 Å². The van der Waals surface area contributed by atoms with Crippen LogP contribution >= 0.6 is 11.6 Å². The molecule has 2 N–H and O–H groups in total. The molecule has 4 nitrogen and oxygen atoms in total. The Bertz CT molecular complexity index is 695. The first kappa shape index (κ1) is 15.9. The van der Waals surface area contributed by atoms with Crippen LogP contribution in [-0.4, -0.2) is 14.0 Å². The molecule has 114 valence electrons. The van der Waals surface area contributed by atoms with E-state index in [1.807, 2.05) is 6.92 Å². The van der Waals surface area contributed by atoms with Crippen molar-refractivity contribution in [3.05, 3.63) is 40.2 Å². The molecule has 0 fully saturated rings. The second-order valence-electron chi connectivity index (χ2n) is 4.49. The van der Waals surface area contributed by atoms with Gasteiger partial charge in [-0.05, 0) is 18.6 Å². The van der Waals surface area contributed by atoms with E-state index in [0.29, 0.717) is 22.8 Å². The normalized spacial score (nSPS) is 12.6. The fourth-order valence-corrected chi connectivity index (χ4v) is 3.69. The Hall–Kier alpha value is -1.47. The van der Waals surface area contributed by atoms with Crippen LogP contribution in [-0.2, 0) is 30.0 Å². The molecule has 21 heavy (non-hydrogen) atoms. The van der Waals surface area contributed by atoms with Gasteiger partial charge in [0, 0.05) is 12.7 Å². The fourth-order valence-electron chi connectivity index (χ4n) is 1.97. The highest BCUT2D eigenvalue weighted by molar-refractivity contribution is 7.84. The number of hydrogen-bond donors (Lipinski definition) is 1. The molecule has 0 aliphatic carbocycles. The average molecular weight is 334 g/mol. The van der Waals surface area contributed by atoms with Crippen molar-refractivity contribution in [2.24, 2.45) is 7.05 Å². The van der Waals surface area contributed by atoms with Crippen molar-refractivity contribution in [1.82, 2.24) is 9.78 Å². The Morgan fingerprint density at radius 2 is 1.95 bits per heavy atom.